The second kappa shape index (κ2) is 4.83. The molecule has 1 unspecified atom stereocenters. The van der Waals surface area contributed by atoms with Gasteiger partial charge in [0.1, 0.15) is 5.82 Å². The first-order valence-electron chi connectivity index (χ1n) is 5.95. The number of hydrogen-bond donors (Lipinski definition) is 0. The van der Waals surface area contributed by atoms with E-state index in [2.05, 4.69) is 30.7 Å². The van der Waals surface area contributed by atoms with Crippen molar-refractivity contribution in [2.45, 2.75) is 38.4 Å². The predicted octanol–water partition coefficient (Wildman–Crippen LogP) is 2.82. The fourth-order valence-electron chi connectivity index (χ4n) is 2.35. The summed E-state index contributed by atoms with van der Waals surface area (Å²) >= 11 is 5.82. The van der Waals surface area contributed by atoms with E-state index in [1.54, 1.807) is 0 Å². The molecule has 0 radical (unpaired) electrons. The molecule has 17 heavy (non-hydrogen) atoms. The summed E-state index contributed by atoms with van der Waals surface area (Å²) in [6.45, 7) is 8.06. The van der Waals surface area contributed by atoms with Crippen LogP contribution in [0.4, 0.5) is 5.82 Å². The molecule has 0 aliphatic carbocycles. The van der Waals surface area contributed by atoms with E-state index in [-0.39, 0.29) is 11.7 Å². The van der Waals surface area contributed by atoms with Gasteiger partial charge >= 0.3 is 0 Å². The standard InChI is InChI=1S/C13H19ClN2O/c1-10-8-16(9-13(2,3)17-10)12-6-4-5-11(7-14)15-12/h4-6,10H,7-9H2,1-3H3. The lowest BCUT2D eigenvalue weighted by Gasteiger charge is -2.42. The molecular formula is C13H19ClN2O. The minimum Gasteiger partial charge on any atom is -0.369 e. The summed E-state index contributed by atoms with van der Waals surface area (Å²) in [6, 6.07) is 5.99. The van der Waals surface area contributed by atoms with E-state index in [9.17, 15) is 0 Å². The molecule has 1 saturated heterocycles. The van der Waals surface area contributed by atoms with Gasteiger partial charge in [-0.05, 0) is 32.9 Å². The summed E-state index contributed by atoms with van der Waals surface area (Å²) in [5.74, 6) is 1.45. The van der Waals surface area contributed by atoms with Gasteiger partial charge in [-0.1, -0.05) is 6.07 Å². The lowest BCUT2D eigenvalue weighted by molar-refractivity contribution is -0.0751. The van der Waals surface area contributed by atoms with Crippen molar-refractivity contribution in [1.82, 2.24) is 4.98 Å². The van der Waals surface area contributed by atoms with Crippen molar-refractivity contribution in [2.75, 3.05) is 18.0 Å². The first kappa shape index (κ1) is 12.7. The molecule has 1 aromatic rings. The summed E-state index contributed by atoms with van der Waals surface area (Å²) in [5, 5.41) is 0. The van der Waals surface area contributed by atoms with E-state index in [4.69, 9.17) is 16.3 Å². The number of morpholine rings is 1. The van der Waals surface area contributed by atoms with Crippen LogP contribution in [0.3, 0.4) is 0 Å². The number of hydrogen-bond acceptors (Lipinski definition) is 3. The number of alkyl halides is 1. The summed E-state index contributed by atoms with van der Waals surface area (Å²) in [5.41, 5.74) is 0.789. The highest BCUT2D eigenvalue weighted by atomic mass is 35.5. The third-order valence-corrected chi connectivity index (χ3v) is 3.10. The zero-order valence-corrected chi connectivity index (χ0v) is 11.4. The van der Waals surface area contributed by atoms with Gasteiger partial charge in [-0.3, -0.25) is 0 Å². The van der Waals surface area contributed by atoms with E-state index >= 15 is 0 Å². The summed E-state index contributed by atoms with van der Waals surface area (Å²) in [6.07, 6.45) is 0.222. The second-order valence-electron chi connectivity index (χ2n) is 5.19. The Morgan fingerprint density at radius 3 is 2.94 bits per heavy atom. The number of aromatic nitrogens is 1. The normalized spacial score (nSPS) is 23.8. The van der Waals surface area contributed by atoms with Crippen molar-refractivity contribution in [1.29, 1.82) is 0 Å². The van der Waals surface area contributed by atoms with Crippen LogP contribution in [-0.2, 0) is 10.6 Å². The summed E-state index contributed by atoms with van der Waals surface area (Å²) in [7, 11) is 0. The van der Waals surface area contributed by atoms with Gasteiger partial charge in [-0.25, -0.2) is 4.98 Å². The van der Waals surface area contributed by atoms with Crippen molar-refractivity contribution in [3.05, 3.63) is 23.9 Å². The minimum atomic E-state index is -0.129. The Kier molecular flexibility index (Phi) is 3.59. The highest BCUT2D eigenvalue weighted by Crippen LogP contribution is 2.24. The molecule has 0 N–H and O–H groups in total. The van der Waals surface area contributed by atoms with Gasteiger partial charge in [0.05, 0.1) is 23.3 Å². The predicted molar refractivity (Wildman–Crippen MR) is 70.6 cm³/mol. The summed E-state index contributed by atoms with van der Waals surface area (Å²) < 4.78 is 5.89. The maximum absolute atomic E-state index is 5.89. The maximum atomic E-state index is 5.89. The Morgan fingerprint density at radius 1 is 1.53 bits per heavy atom. The Hall–Kier alpha value is -0.800. The number of pyridine rings is 1. The van der Waals surface area contributed by atoms with Gasteiger partial charge in [0.2, 0.25) is 0 Å². The van der Waals surface area contributed by atoms with Gasteiger partial charge in [0.25, 0.3) is 0 Å². The Bertz CT molecular complexity index is 395. The van der Waals surface area contributed by atoms with Gasteiger partial charge < -0.3 is 9.64 Å². The van der Waals surface area contributed by atoms with Crippen molar-refractivity contribution >= 4 is 17.4 Å². The Balaban J connectivity index is 2.20. The second-order valence-corrected chi connectivity index (χ2v) is 5.46. The van der Waals surface area contributed by atoms with Gasteiger partial charge in [-0.15, -0.1) is 11.6 Å². The van der Waals surface area contributed by atoms with Crippen molar-refractivity contribution < 1.29 is 4.74 Å². The van der Waals surface area contributed by atoms with Gasteiger partial charge in [0, 0.05) is 13.1 Å². The SMILES string of the molecule is CC1CN(c2cccc(CCl)n2)CC(C)(C)O1. The van der Waals surface area contributed by atoms with Crippen LogP contribution in [-0.4, -0.2) is 29.8 Å². The summed E-state index contributed by atoms with van der Waals surface area (Å²) in [4.78, 5) is 6.82. The lowest BCUT2D eigenvalue weighted by Crippen LogP contribution is -2.52. The zero-order valence-electron chi connectivity index (χ0n) is 10.6. The van der Waals surface area contributed by atoms with Crippen LogP contribution < -0.4 is 4.90 Å². The number of rotatable bonds is 2. The van der Waals surface area contributed by atoms with E-state index < -0.39 is 0 Å². The molecule has 1 aliphatic heterocycles. The molecule has 0 aromatic carbocycles. The van der Waals surface area contributed by atoms with Gasteiger partial charge in [-0.2, -0.15) is 0 Å². The number of anilines is 1. The molecule has 0 saturated carbocycles. The van der Waals surface area contributed by atoms with Crippen LogP contribution in [0.15, 0.2) is 18.2 Å². The number of nitrogens with zero attached hydrogens (tertiary/aromatic N) is 2. The molecule has 1 aromatic heterocycles. The molecule has 1 aliphatic rings. The van der Waals surface area contributed by atoms with Crippen molar-refractivity contribution in [2.24, 2.45) is 0 Å². The van der Waals surface area contributed by atoms with E-state index in [1.807, 2.05) is 18.2 Å². The fraction of sp³-hybridized carbons (Fsp3) is 0.615. The fourth-order valence-corrected chi connectivity index (χ4v) is 2.49. The van der Waals surface area contributed by atoms with Crippen LogP contribution in [0.5, 0.6) is 0 Å². The third-order valence-electron chi connectivity index (χ3n) is 2.82. The largest absolute Gasteiger partial charge is 0.369 e. The van der Waals surface area contributed by atoms with E-state index in [0.717, 1.165) is 24.6 Å². The average Bonchev–Trinajstić information content (AvgIpc) is 2.26. The van der Waals surface area contributed by atoms with Gasteiger partial charge in [0.15, 0.2) is 0 Å². The maximum Gasteiger partial charge on any atom is 0.129 e. The van der Waals surface area contributed by atoms with Crippen LogP contribution in [0.2, 0.25) is 0 Å². The zero-order chi connectivity index (χ0) is 12.5. The quantitative estimate of drug-likeness (QED) is 0.759. The lowest BCUT2D eigenvalue weighted by atomic mass is 10.1. The smallest absolute Gasteiger partial charge is 0.129 e. The highest BCUT2D eigenvalue weighted by molar-refractivity contribution is 6.16. The number of ether oxygens (including phenoxy) is 1. The van der Waals surface area contributed by atoms with Crippen molar-refractivity contribution in [3.63, 3.8) is 0 Å². The highest BCUT2D eigenvalue weighted by Gasteiger charge is 2.31. The molecule has 94 valence electrons. The first-order valence-corrected chi connectivity index (χ1v) is 6.48. The molecule has 0 spiro atoms. The minimum absolute atomic E-state index is 0.129. The Labute approximate surface area is 108 Å². The molecule has 2 rings (SSSR count). The van der Waals surface area contributed by atoms with Crippen LogP contribution in [0.25, 0.3) is 0 Å². The van der Waals surface area contributed by atoms with Crippen LogP contribution >= 0.6 is 11.6 Å². The van der Waals surface area contributed by atoms with Crippen molar-refractivity contribution in [3.8, 4) is 0 Å². The molecule has 4 heteroatoms. The molecule has 1 fully saturated rings. The van der Waals surface area contributed by atoms with E-state index in [1.165, 1.54) is 0 Å². The monoisotopic (exact) mass is 254 g/mol. The molecule has 0 bridgehead atoms. The van der Waals surface area contributed by atoms with E-state index in [0.29, 0.717) is 5.88 Å². The molecule has 0 amide bonds. The molecular weight excluding hydrogens is 236 g/mol. The first-order chi connectivity index (χ1) is 8.00. The number of halogens is 1. The van der Waals surface area contributed by atoms with Crippen LogP contribution in [0, 0.1) is 0 Å². The molecule has 1 atom stereocenters. The Morgan fingerprint density at radius 2 is 2.29 bits per heavy atom. The van der Waals surface area contributed by atoms with Crippen LogP contribution in [0.1, 0.15) is 26.5 Å². The average molecular weight is 255 g/mol. The third kappa shape index (κ3) is 3.11. The topological polar surface area (TPSA) is 25.4 Å². The molecule has 3 nitrogen and oxygen atoms in total. The molecule has 2 heterocycles.